The van der Waals surface area contributed by atoms with Gasteiger partial charge in [0.05, 0.1) is 0 Å². The molecule has 10 heavy (non-hydrogen) atoms. The molecule has 0 aliphatic rings. The molecule has 0 aliphatic heterocycles. The fourth-order valence-corrected chi connectivity index (χ4v) is 1.13. The third-order valence-electron chi connectivity index (χ3n) is 0.917. The maximum Gasteiger partial charge on any atom is 0.213 e. The van der Waals surface area contributed by atoms with Crippen LogP contribution in [0.5, 0.6) is 0 Å². The number of hydrogen-bond acceptors (Lipinski definition) is 2. The monoisotopic (exact) mass is 381 g/mol. The average Bonchev–Trinajstić information content (AvgIpc) is 2.11. The summed E-state index contributed by atoms with van der Waals surface area (Å²) in [5, 5.41) is 5.63. The van der Waals surface area contributed by atoms with Crippen molar-refractivity contribution in [3.8, 4) is 0 Å². The number of H-pyrrole nitrogens is 2. The molecule has 2 N–H and O–H groups in total. The van der Waals surface area contributed by atoms with Crippen molar-refractivity contribution < 1.29 is 0 Å². The van der Waals surface area contributed by atoms with Gasteiger partial charge in [-0.2, -0.15) is 0 Å². The van der Waals surface area contributed by atoms with E-state index < -0.39 is 0 Å². The standard InChI is InChI=1S/C4H5I2N3S/c1-4(5,6)2-7-3(10)9-8-2/h1H3,(H2,7,8,9,10). The van der Waals surface area contributed by atoms with Gasteiger partial charge in [-0.05, 0) is 19.1 Å². The van der Waals surface area contributed by atoms with Crippen LogP contribution in [0.4, 0.5) is 0 Å². The first kappa shape index (κ1) is 8.91. The third-order valence-corrected chi connectivity index (χ3v) is 2.13. The Morgan fingerprint density at radius 3 is 2.30 bits per heavy atom. The van der Waals surface area contributed by atoms with Crippen molar-refractivity contribution in [1.82, 2.24) is 15.2 Å². The molecule has 56 valence electrons. The van der Waals surface area contributed by atoms with Crippen LogP contribution in [0.3, 0.4) is 0 Å². The van der Waals surface area contributed by atoms with Gasteiger partial charge in [0.15, 0.2) is 0 Å². The van der Waals surface area contributed by atoms with Gasteiger partial charge in [-0.1, -0.05) is 45.2 Å². The smallest absolute Gasteiger partial charge is 0.213 e. The fraction of sp³-hybridized carbons (Fsp3) is 0.500. The van der Waals surface area contributed by atoms with Crippen molar-refractivity contribution >= 4 is 57.4 Å². The SMILES string of the molecule is CC(I)(I)c1nc(=S)[nH][nH]1. The summed E-state index contributed by atoms with van der Waals surface area (Å²) < 4.78 is 0.498. The lowest BCUT2D eigenvalue weighted by atomic mass is 10.5. The maximum atomic E-state index is 4.80. The summed E-state index contributed by atoms with van der Waals surface area (Å²) in [5.74, 6) is 0.874. The van der Waals surface area contributed by atoms with E-state index >= 15 is 0 Å². The van der Waals surface area contributed by atoms with E-state index in [-0.39, 0.29) is 1.43 Å². The Kier molecular flexibility index (Phi) is 2.72. The third kappa shape index (κ3) is 2.16. The molecule has 3 nitrogen and oxygen atoms in total. The van der Waals surface area contributed by atoms with Crippen LogP contribution in [0.2, 0.25) is 0 Å². The first-order valence-electron chi connectivity index (χ1n) is 2.53. The van der Waals surface area contributed by atoms with Gasteiger partial charge in [0.25, 0.3) is 0 Å². The Hall–Kier alpha value is 0.820. The Labute approximate surface area is 90.7 Å². The molecule has 0 radical (unpaired) electrons. The highest BCUT2D eigenvalue weighted by Crippen LogP contribution is 2.35. The van der Waals surface area contributed by atoms with Gasteiger partial charge in [-0.15, -0.1) is 0 Å². The Morgan fingerprint density at radius 2 is 2.10 bits per heavy atom. The van der Waals surface area contributed by atoms with E-state index in [1.54, 1.807) is 0 Å². The van der Waals surface area contributed by atoms with Crippen LogP contribution in [0.25, 0.3) is 0 Å². The van der Waals surface area contributed by atoms with Crippen molar-refractivity contribution in [2.24, 2.45) is 0 Å². The maximum absolute atomic E-state index is 4.80. The van der Waals surface area contributed by atoms with Crippen LogP contribution in [0, 0.1) is 4.77 Å². The predicted octanol–water partition coefficient (Wildman–Crippen LogP) is 2.51. The Morgan fingerprint density at radius 1 is 1.50 bits per heavy atom. The van der Waals surface area contributed by atoms with Gasteiger partial charge in [-0.3, -0.25) is 10.2 Å². The molecule has 1 rings (SSSR count). The molecule has 1 aromatic rings. The molecule has 0 fully saturated rings. The topological polar surface area (TPSA) is 44.5 Å². The number of nitrogens with zero attached hydrogens (tertiary/aromatic N) is 1. The van der Waals surface area contributed by atoms with Crippen molar-refractivity contribution in [3.05, 3.63) is 10.6 Å². The lowest BCUT2D eigenvalue weighted by Crippen LogP contribution is -2.03. The van der Waals surface area contributed by atoms with Crippen molar-refractivity contribution in [2.45, 2.75) is 8.35 Å². The molecule has 0 aliphatic carbocycles. The summed E-state index contributed by atoms with van der Waals surface area (Å²) in [6, 6.07) is 0. The largest absolute Gasteiger partial charge is 0.284 e. The minimum absolute atomic E-state index is 0.0108. The van der Waals surface area contributed by atoms with Crippen LogP contribution in [-0.4, -0.2) is 15.2 Å². The summed E-state index contributed by atoms with van der Waals surface area (Å²) >= 11 is 9.36. The van der Waals surface area contributed by atoms with E-state index in [1.165, 1.54) is 0 Å². The summed E-state index contributed by atoms with van der Waals surface area (Å²) in [5.41, 5.74) is 0. The van der Waals surface area contributed by atoms with Crippen LogP contribution in [-0.2, 0) is 1.43 Å². The molecule has 6 heteroatoms. The second kappa shape index (κ2) is 3.05. The lowest BCUT2D eigenvalue weighted by molar-refractivity contribution is 0.930. The van der Waals surface area contributed by atoms with E-state index in [0.717, 1.165) is 5.82 Å². The van der Waals surface area contributed by atoms with Crippen LogP contribution < -0.4 is 0 Å². The van der Waals surface area contributed by atoms with E-state index in [1.807, 2.05) is 0 Å². The zero-order valence-corrected chi connectivity index (χ0v) is 10.2. The number of aromatic amines is 2. The molecule has 0 amide bonds. The second-order valence-corrected chi connectivity index (χ2v) is 8.67. The fourth-order valence-electron chi connectivity index (χ4n) is 0.478. The highest BCUT2D eigenvalue weighted by Gasteiger charge is 2.20. The zero-order valence-electron chi connectivity index (χ0n) is 5.11. The minimum atomic E-state index is -0.0108. The number of hydrogen-bond donors (Lipinski definition) is 2. The van der Waals surface area contributed by atoms with E-state index in [2.05, 4.69) is 67.3 Å². The molecular weight excluding hydrogens is 376 g/mol. The highest BCUT2D eigenvalue weighted by atomic mass is 127. The summed E-state index contributed by atoms with van der Waals surface area (Å²) in [6.45, 7) is 2.05. The first-order chi connectivity index (χ1) is 4.50. The Bertz CT molecular complexity index is 271. The van der Waals surface area contributed by atoms with Gasteiger partial charge in [0.1, 0.15) is 7.25 Å². The van der Waals surface area contributed by atoms with Crippen LogP contribution >= 0.6 is 57.4 Å². The predicted molar refractivity (Wildman–Crippen MR) is 59.2 cm³/mol. The average molecular weight is 381 g/mol. The zero-order chi connectivity index (χ0) is 7.78. The van der Waals surface area contributed by atoms with Crippen LogP contribution in [0.15, 0.2) is 0 Å². The summed E-state index contributed by atoms with van der Waals surface area (Å²) in [6.07, 6.45) is 0. The number of nitrogens with one attached hydrogen (secondary N) is 2. The molecule has 0 saturated carbocycles. The molecule has 0 saturated heterocycles. The number of rotatable bonds is 1. The lowest BCUT2D eigenvalue weighted by Gasteiger charge is -2.07. The Balaban J connectivity index is 3.07. The van der Waals surface area contributed by atoms with Crippen molar-refractivity contribution in [1.29, 1.82) is 0 Å². The van der Waals surface area contributed by atoms with Crippen molar-refractivity contribution in [2.75, 3.05) is 0 Å². The van der Waals surface area contributed by atoms with Crippen molar-refractivity contribution in [3.63, 3.8) is 0 Å². The molecular formula is C4H5I2N3S. The minimum Gasteiger partial charge on any atom is -0.284 e. The number of aromatic nitrogens is 3. The highest BCUT2D eigenvalue weighted by molar-refractivity contribution is 14.2. The van der Waals surface area contributed by atoms with Gasteiger partial charge in [0, 0.05) is 0 Å². The summed E-state index contributed by atoms with van der Waals surface area (Å²) in [4.78, 5) is 4.07. The number of alkyl halides is 2. The van der Waals surface area contributed by atoms with Gasteiger partial charge < -0.3 is 0 Å². The molecule has 1 heterocycles. The number of halogens is 2. The van der Waals surface area contributed by atoms with Crippen LogP contribution in [0.1, 0.15) is 12.7 Å². The second-order valence-electron chi connectivity index (χ2n) is 1.90. The van der Waals surface area contributed by atoms with Gasteiger partial charge in [0.2, 0.25) is 4.77 Å². The van der Waals surface area contributed by atoms with Gasteiger partial charge in [-0.25, -0.2) is 4.98 Å². The van der Waals surface area contributed by atoms with E-state index in [0.29, 0.717) is 4.77 Å². The molecule has 0 bridgehead atoms. The molecule has 1 aromatic heterocycles. The van der Waals surface area contributed by atoms with Gasteiger partial charge >= 0.3 is 0 Å². The van der Waals surface area contributed by atoms with E-state index in [4.69, 9.17) is 12.2 Å². The summed E-state index contributed by atoms with van der Waals surface area (Å²) in [7, 11) is 0. The molecule has 0 spiro atoms. The molecule has 0 aromatic carbocycles. The quantitative estimate of drug-likeness (QED) is 0.446. The normalized spacial score (nSPS) is 11.9. The van der Waals surface area contributed by atoms with E-state index in [9.17, 15) is 0 Å². The molecule has 0 unspecified atom stereocenters. The molecule has 0 atom stereocenters. The first-order valence-corrected chi connectivity index (χ1v) is 5.10.